The highest BCUT2D eigenvalue weighted by atomic mass is 19.1. The predicted molar refractivity (Wildman–Crippen MR) is 74.6 cm³/mol. The molecule has 0 bridgehead atoms. The Labute approximate surface area is 114 Å². The number of halogens is 1. The van der Waals surface area contributed by atoms with Gasteiger partial charge in [0.1, 0.15) is 5.82 Å². The zero-order valence-electron chi connectivity index (χ0n) is 11.6. The van der Waals surface area contributed by atoms with E-state index in [1.54, 1.807) is 0 Å². The molecular formula is C15H23FN2O. The van der Waals surface area contributed by atoms with Crippen LogP contribution in [0.3, 0.4) is 0 Å². The van der Waals surface area contributed by atoms with Crippen LogP contribution in [0.25, 0.3) is 0 Å². The van der Waals surface area contributed by atoms with E-state index in [1.165, 1.54) is 25.0 Å². The molecule has 1 fully saturated rings. The number of nitrogens with zero attached hydrogens (tertiary/aromatic N) is 1. The molecule has 3 nitrogen and oxygen atoms in total. The van der Waals surface area contributed by atoms with Crippen molar-refractivity contribution < 1.29 is 9.13 Å². The Balaban J connectivity index is 1.58. The molecule has 1 unspecified atom stereocenters. The van der Waals surface area contributed by atoms with E-state index in [0.29, 0.717) is 6.10 Å². The monoisotopic (exact) mass is 266 g/mol. The van der Waals surface area contributed by atoms with Crippen molar-refractivity contribution in [3.05, 3.63) is 35.6 Å². The Morgan fingerprint density at radius 2 is 2.16 bits per heavy atom. The van der Waals surface area contributed by atoms with Gasteiger partial charge in [0.25, 0.3) is 0 Å². The Bertz CT molecular complexity index is 363. The lowest BCUT2D eigenvalue weighted by atomic mass is 10.2. The second-order valence-corrected chi connectivity index (χ2v) is 5.20. The van der Waals surface area contributed by atoms with Crippen LogP contribution in [0.5, 0.6) is 0 Å². The Hall–Kier alpha value is -0.970. The van der Waals surface area contributed by atoms with Crippen molar-refractivity contribution in [1.29, 1.82) is 0 Å². The maximum Gasteiger partial charge on any atom is 0.123 e. The number of ether oxygens (including phenoxy) is 1. The molecule has 1 aromatic rings. The Kier molecular flexibility index (Phi) is 5.76. The highest BCUT2D eigenvalue weighted by molar-refractivity contribution is 5.15. The molecule has 1 aliphatic heterocycles. The molecule has 0 spiro atoms. The molecule has 106 valence electrons. The second-order valence-electron chi connectivity index (χ2n) is 5.20. The van der Waals surface area contributed by atoms with E-state index in [4.69, 9.17) is 4.74 Å². The minimum absolute atomic E-state index is 0.176. The zero-order chi connectivity index (χ0) is 13.5. The summed E-state index contributed by atoms with van der Waals surface area (Å²) in [6.45, 7) is 4.64. The van der Waals surface area contributed by atoms with E-state index in [1.807, 2.05) is 12.1 Å². The maximum absolute atomic E-state index is 12.8. The first kappa shape index (κ1) is 14.4. The summed E-state index contributed by atoms with van der Waals surface area (Å²) in [4.78, 5) is 2.23. The largest absolute Gasteiger partial charge is 0.377 e. The normalized spacial score (nSPS) is 19.2. The van der Waals surface area contributed by atoms with Crippen LogP contribution in [0.2, 0.25) is 0 Å². The third-order valence-corrected chi connectivity index (χ3v) is 3.43. The smallest absolute Gasteiger partial charge is 0.123 e. The van der Waals surface area contributed by atoms with Crippen molar-refractivity contribution in [2.45, 2.75) is 25.5 Å². The quantitative estimate of drug-likeness (QED) is 0.764. The summed E-state index contributed by atoms with van der Waals surface area (Å²) in [6.07, 6.45) is 2.78. The summed E-state index contributed by atoms with van der Waals surface area (Å²) in [7, 11) is 2.08. The molecule has 1 heterocycles. The van der Waals surface area contributed by atoms with Crippen LogP contribution in [0, 0.1) is 5.82 Å². The lowest BCUT2D eigenvalue weighted by molar-refractivity contribution is 0.109. The van der Waals surface area contributed by atoms with Crippen molar-refractivity contribution in [2.75, 3.05) is 33.3 Å². The van der Waals surface area contributed by atoms with Crippen molar-refractivity contribution in [3.8, 4) is 0 Å². The van der Waals surface area contributed by atoms with Crippen LogP contribution >= 0.6 is 0 Å². The van der Waals surface area contributed by atoms with Crippen molar-refractivity contribution in [2.24, 2.45) is 0 Å². The van der Waals surface area contributed by atoms with E-state index in [9.17, 15) is 4.39 Å². The number of nitrogens with one attached hydrogen (secondary N) is 1. The molecule has 19 heavy (non-hydrogen) atoms. The van der Waals surface area contributed by atoms with Crippen LogP contribution in [-0.4, -0.2) is 44.3 Å². The van der Waals surface area contributed by atoms with Gasteiger partial charge in [-0.2, -0.15) is 0 Å². The first-order valence-corrected chi connectivity index (χ1v) is 6.99. The van der Waals surface area contributed by atoms with Crippen LogP contribution in [0.4, 0.5) is 4.39 Å². The molecule has 2 rings (SSSR count). The van der Waals surface area contributed by atoms with Crippen LogP contribution in [0.15, 0.2) is 24.3 Å². The van der Waals surface area contributed by atoms with Gasteiger partial charge >= 0.3 is 0 Å². The van der Waals surface area contributed by atoms with Crippen LogP contribution in [-0.2, 0) is 11.3 Å². The minimum Gasteiger partial charge on any atom is -0.377 e. The van der Waals surface area contributed by atoms with E-state index < -0.39 is 0 Å². The number of hydrogen-bond acceptors (Lipinski definition) is 3. The van der Waals surface area contributed by atoms with Gasteiger partial charge in [0.2, 0.25) is 0 Å². The van der Waals surface area contributed by atoms with Gasteiger partial charge in [-0.05, 0) is 37.6 Å². The summed E-state index contributed by atoms with van der Waals surface area (Å²) >= 11 is 0. The molecule has 1 aromatic carbocycles. The summed E-state index contributed by atoms with van der Waals surface area (Å²) in [5.74, 6) is -0.176. The maximum atomic E-state index is 12.8. The zero-order valence-corrected chi connectivity index (χ0v) is 11.6. The summed E-state index contributed by atoms with van der Waals surface area (Å²) < 4.78 is 18.3. The standard InChI is InChI=1S/C15H23FN2O/c1-18(12-13-4-6-14(16)7-5-13)9-8-17-11-15-3-2-10-19-15/h4-7,15,17H,2-3,8-12H2,1H3. The Morgan fingerprint density at radius 1 is 1.37 bits per heavy atom. The van der Waals surface area contributed by atoms with Gasteiger partial charge in [-0.1, -0.05) is 12.1 Å². The number of rotatable bonds is 7. The fraction of sp³-hybridized carbons (Fsp3) is 0.600. The molecule has 0 radical (unpaired) electrons. The number of likely N-dealkylation sites (N-methyl/N-ethyl adjacent to an activating group) is 1. The van der Waals surface area contributed by atoms with Gasteiger partial charge in [-0.3, -0.25) is 0 Å². The summed E-state index contributed by atoms with van der Waals surface area (Å²) in [6, 6.07) is 6.70. The van der Waals surface area contributed by atoms with E-state index in [0.717, 1.165) is 38.3 Å². The minimum atomic E-state index is -0.176. The SMILES string of the molecule is CN(CCNCC1CCCO1)Cc1ccc(F)cc1. The third-order valence-electron chi connectivity index (χ3n) is 3.43. The van der Waals surface area contributed by atoms with Crippen molar-refractivity contribution in [1.82, 2.24) is 10.2 Å². The highest BCUT2D eigenvalue weighted by Crippen LogP contribution is 2.10. The van der Waals surface area contributed by atoms with Gasteiger partial charge in [0.05, 0.1) is 6.10 Å². The highest BCUT2D eigenvalue weighted by Gasteiger charge is 2.14. The molecular weight excluding hydrogens is 243 g/mol. The van der Waals surface area contributed by atoms with Crippen molar-refractivity contribution >= 4 is 0 Å². The van der Waals surface area contributed by atoms with Gasteiger partial charge in [-0.15, -0.1) is 0 Å². The van der Waals surface area contributed by atoms with Gasteiger partial charge in [0, 0.05) is 32.8 Å². The molecule has 1 N–H and O–H groups in total. The molecule has 1 saturated heterocycles. The average molecular weight is 266 g/mol. The lowest BCUT2D eigenvalue weighted by Crippen LogP contribution is -2.33. The third kappa shape index (κ3) is 5.27. The molecule has 1 atom stereocenters. The van der Waals surface area contributed by atoms with Crippen LogP contribution in [0.1, 0.15) is 18.4 Å². The van der Waals surface area contributed by atoms with E-state index in [2.05, 4.69) is 17.3 Å². The fourth-order valence-electron chi connectivity index (χ4n) is 2.32. The summed E-state index contributed by atoms with van der Waals surface area (Å²) in [5.41, 5.74) is 1.14. The first-order chi connectivity index (χ1) is 9.24. The van der Waals surface area contributed by atoms with Crippen LogP contribution < -0.4 is 5.32 Å². The number of benzene rings is 1. The van der Waals surface area contributed by atoms with E-state index >= 15 is 0 Å². The molecule has 0 saturated carbocycles. The van der Waals surface area contributed by atoms with Crippen molar-refractivity contribution in [3.63, 3.8) is 0 Å². The molecule has 4 heteroatoms. The second kappa shape index (κ2) is 7.58. The van der Waals surface area contributed by atoms with E-state index in [-0.39, 0.29) is 5.82 Å². The summed E-state index contributed by atoms with van der Waals surface area (Å²) in [5, 5.41) is 3.43. The van der Waals surface area contributed by atoms with Gasteiger partial charge in [0.15, 0.2) is 0 Å². The predicted octanol–water partition coefficient (Wildman–Crippen LogP) is 2.03. The molecule has 0 aromatic heterocycles. The molecule has 0 amide bonds. The topological polar surface area (TPSA) is 24.5 Å². The average Bonchev–Trinajstić information content (AvgIpc) is 2.91. The van der Waals surface area contributed by atoms with Gasteiger partial charge in [-0.25, -0.2) is 4.39 Å². The molecule has 0 aliphatic carbocycles. The fourth-order valence-corrected chi connectivity index (χ4v) is 2.32. The molecule has 1 aliphatic rings. The number of hydrogen-bond donors (Lipinski definition) is 1. The first-order valence-electron chi connectivity index (χ1n) is 6.99. The van der Waals surface area contributed by atoms with Gasteiger partial charge < -0.3 is 15.0 Å². The Morgan fingerprint density at radius 3 is 2.84 bits per heavy atom. The lowest BCUT2D eigenvalue weighted by Gasteiger charge is -2.18.